The van der Waals surface area contributed by atoms with Crippen molar-refractivity contribution in [3.05, 3.63) is 51.1 Å². The van der Waals surface area contributed by atoms with Crippen molar-refractivity contribution >= 4 is 33.3 Å². The van der Waals surface area contributed by atoms with Crippen molar-refractivity contribution in [3.63, 3.8) is 0 Å². The van der Waals surface area contributed by atoms with Crippen LogP contribution in [0.15, 0.2) is 40.3 Å². The first-order chi connectivity index (χ1) is 13.0. The molecule has 2 aromatic heterocycles. The average molecular weight is 399 g/mol. The van der Waals surface area contributed by atoms with Crippen molar-refractivity contribution in [2.24, 2.45) is 11.8 Å². The first kappa shape index (κ1) is 18.8. The first-order valence-corrected chi connectivity index (χ1v) is 11.6. The van der Waals surface area contributed by atoms with Crippen LogP contribution in [-0.4, -0.2) is 15.3 Å². The number of para-hydroxylation sites is 1. The van der Waals surface area contributed by atoms with Gasteiger partial charge in [0, 0.05) is 10.6 Å². The lowest BCUT2D eigenvalue weighted by atomic mass is 9.89. The predicted molar refractivity (Wildman–Crippen MR) is 117 cm³/mol. The van der Waals surface area contributed by atoms with Crippen LogP contribution in [0.2, 0.25) is 0 Å². The van der Waals surface area contributed by atoms with Crippen LogP contribution >= 0.6 is 23.1 Å². The maximum Gasteiger partial charge on any atom is 0.267 e. The Morgan fingerprint density at radius 3 is 2.81 bits per heavy atom. The van der Waals surface area contributed by atoms with Crippen molar-refractivity contribution < 1.29 is 0 Å². The van der Waals surface area contributed by atoms with Gasteiger partial charge in [-0.1, -0.05) is 50.7 Å². The molecule has 5 heteroatoms. The van der Waals surface area contributed by atoms with Gasteiger partial charge >= 0.3 is 0 Å². The molecule has 0 spiro atoms. The first-order valence-electron chi connectivity index (χ1n) is 9.80. The lowest BCUT2D eigenvalue weighted by molar-refractivity contribution is 0.509. The van der Waals surface area contributed by atoms with E-state index in [1.54, 1.807) is 23.1 Å². The highest BCUT2D eigenvalue weighted by molar-refractivity contribution is 7.99. The van der Waals surface area contributed by atoms with Crippen molar-refractivity contribution in [2.45, 2.75) is 51.6 Å². The van der Waals surface area contributed by atoms with Crippen LogP contribution in [0.4, 0.5) is 0 Å². The van der Waals surface area contributed by atoms with Gasteiger partial charge in [-0.05, 0) is 55.2 Å². The molecule has 3 aromatic rings. The van der Waals surface area contributed by atoms with Crippen molar-refractivity contribution in [3.8, 4) is 5.69 Å². The van der Waals surface area contributed by atoms with Gasteiger partial charge in [-0.3, -0.25) is 9.36 Å². The zero-order chi connectivity index (χ0) is 19.0. The van der Waals surface area contributed by atoms with Gasteiger partial charge in [0.05, 0.1) is 11.1 Å². The van der Waals surface area contributed by atoms with E-state index >= 15 is 0 Å². The van der Waals surface area contributed by atoms with Crippen molar-refractivity contribution in [1.29, 1.82) is 0 Å². The Labute approximate surface area is 168 Å². The molecular weight excluding hydrogens is 372 g/mol. The zero-order valence-corrected chi connectivity index (χ0v) is 17.8. The minimum absolute atomic E-state index is 0.102. The summed E-state index contributed by atoms with van der Waals surface area (Å²) < 4.78 is 1.83. The molecule has 4 rings (SSSR count). The Morgan fingerprint density at radius 2 is 2.07 bits per heavy atom. The average Bonchev–Trinajstić information content (AvgIpc) is 2.99. The second kappa shape index (κ2) is 7.80. The highest BCUT2D eigenvalue weighted by Gasteiger charge is 2.25. The summed E-state index contributed by atoms with van der Waals surface area (Å²) >= 11 is 3.44. The molecule has 0 aliphatic heterocycles. The lowest BCUT2D eigenvalue weighted by Gasteiger charge is -2.18. The monoisotopic (exact) mass is 398 g/mol. The van der Waals surface area contributed by atoms with Crippen LogP contribution in [0, 0.1) is 11.8 Å². The number of aryl methyl sites for hydroxylation is 1. The topological polar surface area (TPSA) is 34.9 Å². The zero-order valence-electron chi connectivity index (χ0n) is 16.2. The molecule has 2 heterocycles. The molecule has 0 radical (unpaired) electrons. The molecule has 0 bridgehead atoms. The van der Waals surface area contributed by atoms with Gasteiger partial charge in [-0.15, -0.1) is 11.3 Å². The molecule has 1 aromatic carbocycles. The Kier molecular flexibility index (Phi) is 5.42. The van der Waals surface area contributed by atoms with E-state index in [2.05, 4.69) is 20.8 Å². The summed E-state index contributed by atoms with van der Waals surface area (Å²) in [6.45, 7) is 6.77. The van der Waals surface area contributed by atoms with Gasteiger partial charge in [-0.2, -0.15) is 0 Å². The number of benzene rings is 1. The molecule has 0 fully saturated rings. The van der Waals surface area contributed by atoms with Crippen LogP contribution < -0.4 is 5.56 Å². The number of fused-ring (bicyclic) bond motifs is 3. The molecule has 142 valence electrons. The molecule has 3 nitrogen and oxygen atoms in total. The van der Waals surface area contributed by atoms with E-state index in [4.69, 9.17) is 4.98 Å². The molecule has 27 heavy (non-hydrogen) atoms. The number of hydrogen-bond donors (Lipinski definition) is 0. The Bertz CT molecular complexity index is 1000. The van der Waals surface area contributed by atoms with Gasteiger partial charge in [0.15, 0.2) is 5.16 Å². The fourth-order valence-corrected chi connectivity index (χ4v) is 6.33. The minimum atomic E-state index is 0.102. The molecule has 0 saturated heterocycles. The maximum absolute atomic E-state index is 13.6. The lowest BCUT2D eigenvalue weighted by Crippen LogP contribution is -2.22. The number of nitrogens with zero attached hydrogens (tertiary/aromatic N) is 2. The molecular formula is C22H26N2OS2. The third kappa shape index (κ3) is 3.72. The summed E-state index contributed by atoms with van der Waals surface area (Å²) in [5, 5.41) is 1.69. The summed E-state index contributed by atoms with van der Waals surface area (Å²) in [5.74, 6) is 2.32. The highest BCUT2D eigenvalue weighted by Crippen LogP contribution is 2.37. The number of hydrogen-bond acceptors (Lipinski definition) is 4. The predicted octanol–water partition coefficient (Wildman–Crippen LogP) is 5.71. The summed E-state index contributed by atoms with van der Waals surface area (Å²) in [4.78, 5) is 20.9. The van der Waals surface area contributed by atoms with Gasteiger partial charge in [0.2, 0.25) is 0 Å². The van der Waals surface area contributed by atoms with Gasteiger partial charge in [0.25, 0.3) is 5.56 Å². The van der Waals surface area contributed by atoms with Crippen molar-refractivity contribution in [1.82, 2.24) is 9.55 Å². The Morgan fingerprint density at radius 1 is 1.30 bits per heavy atom. The largest absolute Gasteiger partial charge is 0.268 e. The molecule has 0 amide bonds. The van der Waals surface area contributed by atoms with Crippen LogP contribution in [-0.2, 0) is 12.8 Å². The number of rotatable bonds is 5. The molecule has 0 N–H and O–H groups in total. The Hall–Kier alpha value is -1.59. The van der Waals surface area contributed by atoms with Gasteiger partial charge in [0.1, 0.15) is 4.83 Å². The van der Waals surface area contributed by atoms with E-state index in [0.717, 1.165) is 52.5 Å². The number of aromatic nitrogens is 2. The smallest absolute Gasteiger partial charge is 0.267 e. The third-order valence-electron chi connectivity index (χ3n) is 5.24. The normalized spacial score (nSPS) is 16.8. The van der Waals surface area contributed by atoms with E-state index in [-0.39, 0.29) is 5.56 Å². The van der Waals surface area contributed by atoms with E-state index in [0.29, 0.717) is 11.8 Å². The quantitative estimate of drug-likeness (QED) is 0.408. The third-order valence-corrected chi connectivity index (χ3v) is 7.36. The molecule has 1 aliphatic rings. The van der Waals surface area contributed by atoms with Gasteiger partial charge in [-0.25, -0.2) is 4.98 Å². The number of thioether (sulfide) groups is 1. The van der Waals surface area contributed by atoms with Crippen LogP contribution in [0.3, 0.4) is 0 Å². The van der Waals surface area contributed by atoms with E-state index in [9.17, 15) is 4.79 Å². The number of thiophene rings is 1. The standard InChI is InChI=1S/C22H26N2OS2/c1-14(2)11-12-26-22-23-20-19(17-10-9-15(3)13-18(17)27-20)21(25)24(22)16-7-5-4-6-8-16/h4-8,14-15H,9-13H2,1-3H3/t15-/m1/s1. The van der Waals surface area contributed by atoms with E-state index in [1.165, 1.54) is 10.4 Å². The SMILES string of the molecule is CC(C)CCSc1nc2sc3c(c2c(=O)n1-c1ccccc1)CC[C@@H](C)C3. The second-order valence-electron chi connectivity index (χ2n) is 7.93. The molecule has 1 aliphatic carbocycles. The highest BCUT2D eigenvalue weighted by atomic mass is 32.2. The Balaban J connectivity index is 1.88. The second-order valence-corrected chi connectivity index (χ2v) is 10.1. The van der Waals surface area contributed by atoms with Crippen LogP contribution in [0.25, 0.3) is 15.9 Å². The fourth-order valence-electron chi connectivity index (χ4n) is 3.66. The van der Waals surface area contributed by atoms with Crippen LogP contribution in [0.5, 0.6) is 0 Å². The van der Waals surface area contributed by atoms with Crippen molar-refractivity contribution in [2.75, 3.05) is 5.75 Å². The fraction of sp³-hybridized carbons (Fsp3) is 0.455. The molecule has 0 saturated carbocycles. The summed E-state index contributed by atoms with van der Waals surface area (Å²) in [7, 11) is 0. The summed E-state index contributed by atoms with van der Waals surface area (Å²) in [5.41, 5.74) is 2.27. The maximum atomic E-state index is 13.6. The minimum Gasteiger partial charge on any atom is -0.268 e. The summed E-state index contributed by atoms with van der Waals surface area (Å²) in [6, 6.07) is 9.96. The molecule has 1 atom stereocenters. The van der Waals surface area contributed by atoms with E-state index in [1.807, 2.05) is 34.9 Å². The van der Waals surface area contributed by atoms with Crippen LogP contribution in [0.1, 0.15) is 44.1 Å². The van der Waals surface area contributed by atoms with E-state index < -0.39 is 0 Å². The van der Waals surface area contributed by atoms with Gasteiger partial charge < -0.3 is 0 Å². The molecule has 0 unspecified atom stereocenters. The summed E-state index contributed by atoms with van der Waals surface area (Å²) in [6.07, 6.45) is 4.36.